The molecule has 0 unspecified atom stereocenters. The van der Waals surface area contributed by atoms with E-state index < -0.39 is 16.4 Å². The van der Waals surface area contributed by atoms with Crippen LogP contribution in [0.15, 0.2) is 0 Å². The standard InChI is InChI=1S/C18H36O2.Ca.H2O4S.Pb.4H/c1-2-3-4-5-6-7-8-9-10-11-12-13-14-15-16-17-18(19)20;;1-5(2,3)4;;;;;/h2-17H2,1H3,(H,19,20);;(H2,1,2,3,4);;;;;/q;+2;;;;;2*-1. The number of carboxylic acids is 1. The molecule has 0 aromatic heterocycles. The Hall–Kier alpha value is 1.52. The van der Waals surface area contributed by atoms with Gasteiger partial charge in [0, 0.05) is 6.42 Å². The molecule has 0 aliphatic heterocycles. The third-order valence-electron chi connectivity index (χ3n) is 3.99. The molecular formula is C18H42CaO6PbS. The van der Waals surface area contributed by atoms with E-state index >= 15 is 0 Å². The van der Waals surface area contributed by atoms with E-state index in [2.05, 4.69) is 6.92 Å². The molecule has 0 saturated heterocycles. The van der Waals surface area contributed by atoms with Crippen molar-refractivity contribution in [1.29, 1.82) is 0 Å². The van der Waals surface area contributed by atoms with Gasteiger partial charge in [-0.3, -0.25) is 13.9 Å². The van der Waals surface area contributed by atoms with Crippen LogP contribution in [0.5, 0.6) is 0 Å². The van der Waals surface area contributed by atoms with Crippen LogP contribution in [0.1, 0.15) is 113 Å². The number of hydrogen-bond acceptors (Lipinski definition) is 3. The van der Waals surface area contributed by atoms with Crippen molar-refractivity contribution in [2.75, 3.05) is 0 Å². The van der Waals surface area contributed by atoms with Gasteiger partial charge in [0.15, 0.2) is 0 Å². The van der Waals surface area contributed by atoms with E-state index in [-0.39, 0.29) is 67.9 Å². The molecule has 0 aliphatic rings. The Morgan fingerprint density at radius 3 is 1.15 bits per heavy atom. The fraction of sp³-hybridized carbons (Fsp3) is 0.944. The normalized spacial score (nSPS) is 10.2. The number of carboxylic acid groups (broad SMARTS) is 1. The van der Waals surface area contributed by atoms with Gasteiger partial charge in [-0.25, -0.2) is 0 Å². The summed E-state index contributed by atoms with van der Waals surface area (Å²) in [5.41, 5.74) is 0. The van der Waals surface area contributed by atoms with Crippen LogP contribution in [0, 0.1) is 0 Å². The van der Waals surface area contributed by atoms with Crippen molar-refractivity contribution >= 4 is 81.4 Å². The molecule has 0 aromatic rings. The molecule has 3 N–H and O–H groups in total. The average molecular weight is 634 g/mol. The maximum absolute atomic E-state index is 10.3. The molecule has 27 heavy (non-hydrogen) atoms. The summed E-state index contributed by atoms with van der Waals surface area (Å²) in [6.07, 6.45) is 20.2. The Morgan fingerprint density at radius 1 is 0.704 bits per heavy atom. The van der Waals surface area contributed by atoms with Crippen LogP contribution in [0.3, 0.4) is 0 Å². The molecule has 9 heteroatoms. The molecule has 0 bridgehead atoms. The first-order valence-electron chi connectivity index (χ1n) is 9.69. The van der Waals surface area contributed by atoms with Crippen LogP contribution in [-0.4, -0.2) is 93.6 Å². The Morgan fingerprint density at radius 2 is 0.926 bits per heavy atom. The van der Waals surface area contributed by atoms with E-state index in [0.29, 0.717) is 6.42 Å². The third-order valence-corrected chi connectivity index (χ3v) is 3.99. The molecule has 0 saturated carbocycles. The second kappa shape index (κ2) is 27.5. The van der Waals surface area contributed by atoms with Crippen molar-refractivity contribution in [3.63, 3.8) is 0 Å². The predicted molar refractivity (Wildman–Crippen MR) is 118 cm³/mol. The van der Waals surface area contributed by atoms with E-state index in [0.717, 1.165) is 12.8 Å². The molecular weight excluding hydrogens is 592 g/mol. The topological polar surface area (TPSA) is 112 Å². The summed E-state index contributed by atoms with van der Waals surface area (Å²) < 4.78 is 31.6. The van der Waals surface area contributed by atoms with Crippen molar-refractivity contribution in [2.24, 2.45) is 0 Å². The zero-order chi connectivity index (χ0) is 19.4. The second-order valence-corrected chi connectivity index (χ2v) is 7.44. The zero-order valence-corrected chi connectivity index (χ0v) is 25.7. The number of carbonyl (C=O) groups is 1. The van der Waals surface area contributed by atoms with E-state index in [1.807, 2.05) is 0 Å². The van der Waals surface area contributed by atoms with E-state index in [9.17, 15) is 4.79 Å². The predicted octanol–water partition coefficient (Wildman–Crippen LogP) is 4.61. The Labute approximate surface area is 219 Å². The SMILES string of the molecule is CCCCCCCCCCCCCCCCCC(=O)O.O=S(=O)(O)O.[Ca+2].[H-].[H-].[PbH2]. The number of rotatable bonds is 16. The van der Waals surface area contributed by atoms with Gasteiger partial charge in [-0.1, -0.05) is 96.8 Å². The molecule has 0 aliphatic carbocycles. The van der Waals surface area contributed by atoms with Crippen LogP contribution in [0.4, 0.5) is 0 Å². The van der Waals surface area contributed by atoms with Gasteiger partial charge >= 0.3 is 81.4 Å². The third kappa shape index (κ3) is 52.3. The zero-order valence-electron chi connectivity index (χ0n) is 19.2. The molecule has 6 nitrogen and oxygen atoms in total. The number of aliphatic carboxylic acids is 1. The fourth-order valence-corrected chi connectivity index (χ4v) is 2.65. The minimum atomic E-state index is -4.67. The molecule has 2 radical (unpaired) electrons. The van der Waals surface area contributed by atoms with Crippen molar-refractivity contribution in [2.45, 2.75) is 110 Å². The second-order valence-electron chi connectivity index (χ2n) is 6.54. The summed E-state index contributed by atoms with van der Waals surface area (Å²) in [5.74, 6) is -0.653. The van der Waals surface area contributed by atoms with Crippen LogP contribution in [0.2, 0.25) is 0 Å². The number of hydrogen-bond donors (Lipinski definition) is 3. The van der Waals surface area contributed by atoms with Crippen molar-refractivity contribution in [3.8, 4) is 0 Å². The molecule has 0 rings (SSSR count). The Bertz CT molecular complexity index is 396. The average Bonchev–Trinajstić information content (AvgIpc) is 2.49. The first kappa shape index (κ1) is 35.9. The van der Waals surface area contributed by atoms with Crippen LogP contribution >= 0.6 is 0 Å². The molecule has 0 amide bonds. The molecule has 162 valence electrons. The molecule has 0 heterocycles. The van der Waals surface area contributed by atoms with Gasteiger partial charge in [-0.05, 0) is 6.42 Å². The summed E-state index contributed by atoms with van der Waals surface area (Å²) >= 11 is 0. The van der Waals surface area contributed by atoms with Gasteiger partial charge in [-0.15, -0.1) is 0 Å². The molecule has 0 atom stereocenters. The maximum atomic E-state index is 10.3. The van der Waals surface area contributed by atoms with Crippen molar-refractivity contribution in [3.05, 3.63) is 0 Å². The summed E-state index contributed by atoms with van der Waals surface area (Å²) in [4.78, 5) is 10.3. The molecule has 0 fully saturated rings. The number of unbranched alkanes of at least 4 members (excludes halogenated alkanes) is 14. The van der Waals surface area contributed by atoms with E-state index in [1.54, 1.807) is 0 Å². The van der Waals surface area contributed by atoms with Crippen LogP contribution in [-0.2, 0) is 15.2 Å². The van der Waals surface area contributed by atoms with Gasteiger partial charge in [0.1, 0.15) is 0 Å². The van der Waals surface area contributed by atoms with Crippen molar-refractivity contribution < 1.29 is 30.3 Å². The van der Waals surface area contributed by atoms with Crippen molar-refractivity contribution in [1.82, 2.24) is 0 Å². The Balaban J connectivity index is -0.000000131. The Kier molecular flexibility index (Phi) is 36.6. The quantitative estimate of drug-likeness (QED) is 0.130. The minimum absolute atomic E-state index is 0. The van der Waals surface area contributed by atoms with Crippen LogP contribution < -0.4 is 0 Å². The summed E-state index contributed by atoms with van der Waals surface area (Å²) in [6.45, 7) is 2.27. The first-order chi connectivity index (χ1) is 11.8. The molecule has 0 aromatic carbocycles. The summed E-state index contributed by atoms with van der Waals surface area (Å²) in [6, 6.07) is 0. The summed E-state index contributed by atoms with van der Waals surface area (Å²) in [5, 5.41) is 8.52. The van der Waals surface area contributed by atoms with Gasteiger partial charge < -0.3 is 7.96 Å². The van der Waals surface area contributed by atoms with Gasteiger partial charge in [-0.2, -0.15) is 8.42 Å². The monoisotopic (exact) mass is 634 g/mol. The summed E-state index contributed by atoms with van der Waals surface area (Å²) in [7, 11) is -4.67. The van der Waals surface area contributed by atoms with Gasteiger partial charge in [0.05, 0.1) is 0 Å². The van der Waals surface area contributed by atoms with Crippen LogP contribution in [0.25, 0.3) is 0 Å². The first-order valence-corrected chi connectivity index (χ1v) is 11.1. The van der Waals surface area contributed by atoms with Gasteiger partial charge in [0.25, 0.3) is 0 Å². The van der Waals surface area contributed by atoms with E-state index in [4.69, 9.17) is 22.6 Å². The van der Waals surface area contributed by atoms with Gasteiger partial charge in [0.2, 0.25) is 0 Å². The molecule has 0 spiro atoms. The van der Waals surface area contributed by atoms with E-state index in [1.165, 1.54) is 83.5 Å². The fourth-order valence-electron chi connectivity index (χ4n) is 2.65.